The Labute approximate surface area is 105 Å². The lowest BCUT2D eigenvalue weighted by atomic mass is 10.0. The molecule has 1 aliphatic heterocycles. The zero-order valence-electron chi connectivity index (χ0n) is 10.5. The second kappa shape index (κ2) is 4.80. The number of hydrogen-bond donors (Lipinski definition) is 1. The van der Waals surface area contributed by atoms with Gasteiger partial charge in [-0.05, 0) is 33.1 Å². The van der Waals surface area contributed by atoms with Crippen molar-refractivity contribution in [2.45, 2.75) is 39.2 Å². The first-order valence-electron chi connectivity index (χ1n) is 5.99. The molecule has 2 rings (SSSR count). The molecule has 0 spiro atoms. The average Bonchev–Trinajstić information content (AvgIpc) is 2.69. The molecule has 6 heteroatoms. The van der Waals surface area contributed by atoms with E-state index in [0.717, 1.165) is 12.8 Å². The molecule has 1 unspecified atom stereocenters. The molecular weight excluding hydrogens is 236 g/mol. The van der Waals surface area contributed by atoms with Gasteiger partial charge in [0.25, 0.3) is 5.91 Å². The van der Waals surface area contributed by atoms with Gasteiger partial charge >= 0.3 is 5.97 Å². The first-order chi connectivity index (χ1) is 8.52. The zero-order valence-corrected chi connectivity index (χ0v) is 10.5. The minimum atomic E-state index is -0.957. The van der Waals surface area contributed by atoms with Crippen LogP contribution in [0.1, 0.15) is 41.1 Å². The summed E-state index contributed by atoms with van der Waals surface area (Å²) in [5, 5.41) is 12.9. The number of carbonyl (C=O) groups is 2. The van der Waals surface area contributed by atoms with Gasteiger partial charge in [-0.25, -0.2) is 4.79 Å². The molecule has 0 radical (unpaired) electrons. The molecule has 98 valence electrons. The number of amides is 1. The monoisotopic (exact) mass is 252 g/mol. The van der Waals surface area contributed by atoms with Crippen LogP contribution in [0.25, 0.3) is 0 Å². The third kappa shape index (κ3) is 2.10. The summed E-state index contributed by atoms with van der Waals surface area (Å²) < 4.78 is 4.96. The lowest BCUT2D eigenvalue weighted by molar-refractivity contribution is -0.143. The van der Waals surface area contributed by atoms with Crippen molar-refractivity contribution in [3.63, 3.8) is 0 Å². The third-order valence-electron chi connectivity index (χ3n) is 3.41. The summed E-state index contributed by atoms with van der Waals surface area (Å²) in [6, 6.07) is -0.748. The van der Waals surface area contributed by atoms with Crippen LogP contribution in [0, 0.1) is 13.8 Å². The minimum Gasteiger partial charge on any atom is -0.480 e. The van der Waals surface area contributed by atoms with Crippen LogP contribution in [0.15, 0.2) is 4.52 Å². The first kappa shape index (κ1) is 12.6. The molecule has 1 aromatic rings. The highest BCUT2D eigenvalue weighted by Gasteiger charge is 2.34. The molecule has 1 saturated heterocycles. The highest BCUT2D eigenvalue weighted by Crippen LogP contribution is 2.21. The van der Waals surface area contributed by atoms with E-state index in [4.69, 9.17) is 9.63 Å². The minimum absolute atomic E-state index is 0.223. The number of piperidine rings is 1. The number of likely N-dealkylation sites (tertiary alicyclic amines) is 1. The van der Waals surface area contributed by atoms with Crippen molar-refractivity contribution in [1.29, 1.82) is 0 Å². The fourth-order valence-corrected chi connectivity index (χ4v) is 2.18. The average molecular weight is 252 g/mol. The molecule has 2 heterocycles. The Morgan fingerprint density at radius 2 is 2.11 bits per heavy atom. The van der Waals surface area contributed by atoms with Gasteiger partial charge in [-0.3, -0.25) is 4.79 Å². The normalized spacial score (nSPS) is 19.9. The molecule has 18 heavy (non-hydrogen) atoms. The molecule has 6 nitrogen and oxygen atoms in total. The summed E-state index contributed by atoms with van der Waals surface area (Å²) in [6.07, 6.45) is 2.15. The lowest BCUT2D eigenvalue weighted by Gasteiger charge is -2.32. The fraction of sp³-hybridized carbons (Fsp3) is 0.583. The van der Waals surface area contributed by atoms with Gasteiger partial charge in [0.05, 0.1) is 0 Å². The molecule has 1 fully saturated rings. The van der Waals surface area contributed by atoms with Crippen molar-refractivity contribution in [2.24, 2.45) is 0 Å². The maximum Gasteiger partial charge on any atom is 0.326 e. The molecule has 0 bridgehead atoms. The number of aliphatic carboxylic acids is 1. The van der Waals surface area contributed by atoms with Crippen LogP contribution in [0.2, 0.25) is 0 Å². The zero-order chi connectivity index (χ0) is 13.3. The van der Waals surface area contributed by atoms with E-state index in [1.807, 2.05) is 0 Å². The Balaban J connectivity index is 2.26. The van der Waals surface area contributed by atoms with E-state index in [0.29, 0.717) is 24.3 Å². The summed E-state index contributed by atoms with van der Waals surface area (Å²) in [5.41, 5.74) is 0.898. The number of aryl methyl sites for hydroxylation is 1. The van der Waals surface area contributed by atoms with Crippen molar-refractivity contribution >= 4 is 11.9 Å². The van der Waals surface area contributed by atoms with Gasteiger partial charge in [-0.15, -0.1) is 0 Å². The van der Waals surface area contributed by atoms with Gasteiger partial charge in [0.15, 0.2) is 5.69 Å². The number of aromatic nitrogens is 1. The highest BCUT2D eigenvalue weighted by molar-refractivity contribution is 5.96. The van der Waals surface area contributed by atoms with Crippen LogP contribution >= 0.6 is 0 Å². The summed E-state index contributed by atoms with van der Waals surface area (Å²) >= 11 is 0. The molecule has 1 atom stereocenters. The number of hydrogen-bond acceptors (Lipinski definition) is 4. The van der Waals surface area contributed by atoms with Crippen LogP contribution in [-0.2, 0) is 4.79 Å². The van der Waals surface area contributed by atoms with Crippen LogP contribution in [0.5, 0.6) is 0 Å². The topological polar surface area (TPSA) is 83.6 Å². The van der Waals surface area contributed by atoms with Crippen LogP contribution in [0.4, 0.5) is 0 Å². The maximum absolute atomic E-state index is 12.3. The van der Waals surface area contributed by atoms with Crippen molar-refractivity contribution in [2.75, 3.05) is 6.54 Å². The van der Waals surface area contributed by atoms with Crippen molar-refractivity contribution in [3.05, 3.63) is 17.0 Å². The van der Waals surface area contributed by atoms with Gasteiger partial charge in [0.1, 0.15) is 11.8 Å². The standard InChI is InChI=1S/C12H16N2O4/c1-7-8(2)18-13-10(7)11(15)14-6-4-3-5-9(14)12(16)17/h9H,3-6H2,1-2H3,(H,16,17). The van der Waals surface area contributed by atoms with E-state index < -0.39 is 12.0 Å². The molecule has 1 N–H and O–H groups in total. The molecule has 1 aromatic heterocycles. The summed E-state index contributed by atoms with van der Waals surface area (Å²) in [7, 11) is 0. The molecule has 0 aromatic carbocycles. The molecule has 1 aliphatic rings. The van der Waals surface area contributed by atoms with Gasteiger partial charge < -0.3 is 14.5 Å². The Bertz CT molecular complexity index is 480. The summed E-state index contributed by atoms with van der Waals surface area (Å²) in [5.74, 6) is -0.723. The molecular formula is C12H16N2O4. The second-order valence-corrected chi connectivity index (χ2v) is 4.56. The van der Waals surface area contributed by atoms with Gasteiger partial charge in [-0.1, -0.05) is 5.16 Å². The van der Waals surface area contributed by atoms with E-state index in [2.05, 4.69) is 5.16 Å². The van der Waals surface area contributed by atoms with E-state index in [9.17, 15) is 9.59 Å². The largest absolute Gasteiger partial charge is 0.480 e. The van der Waals surface area contributed by atoms with E-state index in [1.165, 1.54) is 4.90 Å². The predicted molar refractivity (Wildman–Crippen MR) is 62.3 cm³/mol. The second-order valence-electron chi connectivity index (χ2n) is 4.56. The number of carboxylic acid groups (broad SMARTS) is 1. The number of carbonyl (C=O) groups excluding carboxylic acids is 1. The molecule has 1 amide bonds. The van der Waals surface area contributed by atoms with Crippen LogP contribution in [0.3, 0.4) is 0 Å². The summed E-state index contributed by atoms with van der Waals surface area (Å²) in [6.45, 7) is 3.93. The molecule has 0 saturated carbocycles. The summed E-state index contributed by atoms with van der Waals surface area (Å²) in [4.78, 5) is 24.8. The fourth-order valence-electron chi connectivity index (χ4n) is 2.18. The Kier molecular flexibility index (Phi) is 3.36. The SMILES string of the molecule is Cc1onc(C(=O)N2CCCCC2C(=O)O)c1C. The van der Waals surface area contributed by atoms with E-state index >= 15 is 0 Å². The van der Waals surface area contributed by atoms with E-state index in [-0.39, 0.29) is 11.6 Å². The molecule has 0 aliphatic carbocycles. The smallest absolute Gasteiger partial charge is 0.326 e. The Morgan fingerprint density at radius 3 is 2.67 bits per heavy atom. The number of rotatable bonds is 2. The van der Waals surface area contributed by atoms with Gasteiger partial charge in [-0.2, -0.15) is 0 Å². The predicted octanol–water partition coefficient (Wildman–Crippen LogP) is 1.37. The highest BCUT2D eigenvalue weighted by atomic mass is 16.5. The first-order valence-corrected chi connectivity index (χ1v) is 5.99. The van der Waals surface area contributed by atoms with Crippen molar-refractivity contribution in [1.82, 2.24) is 10.1 Å². The number of nitrogens with zero attached hydrogens (tertiary/aromatic N) is 2. The van der Waals surface area contributed by atoms with Crippen LogP contribution in [-0.4, -0.2) is 39.6 Å². The number of carboxylic acids is 1. The van der Waals surface area contributed by atoms with E-state index in [1.54, 1.807) is 13.8 Å². The Morgan fingerprint density at radius 1 is 1.39 bits per heavy atom. The van der Waals surface area contributed by atoms with Gasteiger partial charge in [0.2, 0.25) is 0 Å². The van der Waals surface area contributed by atoms with Crippen molar-refractivity contribution in [3.8, 4) is 0 Å². The maximum atomic E-state index is 12.3. The lowest BCUT2D eigenvalue weighted by Crippen LogP contribution is -2.48. The quantitative estimate of drug-likeness (QED) is 0.859. The third-order valence-corrected chi connectivity index (χ3v) is 3.41. The van der Waals surface area contributed by atoms with Gasteiger partial charge in [0, 0.05) is 12.1 Å². The van der Waals surface area contributed by atoms with Crippen LogP contribution < -0.4 is 0 Å². The Hall–Kier alpha value is -1.85. The van der Waals surface area contributed by atoms with Crippen molar-refractivity contribution < 1.29 is 19.2 Å².